The van der Waals surface area contributed by atoms with Crippen molar-refractivity contribution in [1.82, 2.24) is 4.90 Å². The molecule has 0 N–H and O–H groups in total. The Balaban J connectivity index is 2.43. The number of hydrogen-bond acceptors (Lipinski definition) is 3. The van der Waals surface area contributed by atoms with Gasteiger partial charge < -0.3 is 9.64 Å². The number of hydrogen-bond donors (Lipinski definition) is 0. The molecule has 0 aliphatic rings. The summed E-state index contributed by atoms with van der Waals surface area (Å²) in [5.74, 6) is 0.333. The van der Waals surface area contributed by atoms with Crippen LogP contribution in [0.5, 0.6) is 5.75 Å². The number of ether oxygens (including phenoxy) is 1. The zero-order valence-corrected chi connectivity index (χ0v) is 9.57. The summed E-state index contributed by atoms with van der Waals surface area (Å²) in [6.07, 6.45) is 0. The monoisotopic (exact) mass is 238 g/mol. The quantitative estimate of drug-likeness (QED) is 0.751. The third kappa shape index (κ3) is 3.79. The molecule has 0 heterocycles. The fourth-order valence-corrected chi connectivity index (χ4v) is 1.11. The molecule has 1 rings (SSSR count). The first kappa shape index (κ1) is 12.3. The van der Waals surface area contributed by atoms with Crippen LogP contribution in [0.25, 0.3) is 0 Å². The van der Waals surface area contributed by atoms with E-state index < -0.39 is 0 Å². The van der Waals surface area contributed by atoms with E-state index in [0.29, 0.717) is 10.8 Å². The Bertz CT molecular complexity index is 397. The molecule has 4 nitrogen and oxygen atoms in total. The molecule has 1 amide bonds. The zero-order chi connectivity index (χ0) is 12.0. The lowest BCUT2D eigenvalue weighted by molar-refractivity contribution is -0.131. The molecular formula is C11H11ClN2O2. The Kier molecular flexibility index (Phi) is 4.62. The van der Waals surface area contributed by atoms with Gasteiger partial charge in [0.05, 0.1) is 6.07 Å². The number of likely N-dealkylation sites (N-methyl/N-ethyl adjacent to an activating group) is 1. The number of halogens is 1. The predicted octanol–water partition coefficient (Wildman–Crippen LogP) is 1.70. The van der Waals surface area contributed by atoms with E-state index >= 15 is 0 Å². The summed E-state index contributed by atoms with van der Waals surface area (Å²) in [6.45, 7) is -0.0252. The number of carbonyl (C=O) groups is 1. The highest BCUT2D eigenvalue weighted by Gasteiger charge is 2.08. The summed E-state index contributed by atoms with van der Waals surface area (Å²) in [5.41, 5.74) is 0. The summed E-state index contributed by atoms with van der Waals surface area (Å²) in [5, 5.41) is 9.01. The van der Waals surface area contributed by atoms with Crippen LogP contribution in [-0.4, -0.2) is 31.0 Å². The molecule has 0 bridgehead atoms. The molecule has 0 atom stereocenters. The van der Waals surface area contributed by atoms with Crippen LogP contribution in [0.2, 0.25) is 5.02 Å². The normalized spacial score (nSPS) is 9.31. The average molecular weight is 239 g/mol. The maximum Gasteiger partial charge on any atom is 0.261 e. The molecule has 1 aromatic carbocycles. The maximum absolute atomic E-state index is 11.4. The van der Waals surface area contributed by atoms with Gasteiger partial charge in [0.25, 0.3) is 5.91 Å². The van der Waals surface area contributed by atoms with Gasteiger partial charge in [-0.05, 0) is 24.3 Å². The van der Waals surface area contributed by atoms with Crippen LogP contribution in [0.4, 0.5) is 0 Å². The van der Waals surface area contributed by atoms with Gasteiger partial charge in [-0.25, -0.2) is 0 Å². The van der Waals surface area contributed by atoms with Crippen molar-refractivity contribution in [3.8, 4) is 11.8 Å². The lowest BCUT2D eigenvalue weighted by atomic mass is 10.3. The van der Waals surface area contributed by atoms with E-state index in [-0.39, 0.29) is 19.1 Å². The molecule has 0 aliphatic heterocycles. The molecule has 0 fully saturated rings. The highest BCUT2D eigenvalue weighted by atomic mass is 35.5. The van der Waals surface area contributed by atoms with Gasteiger partial charge in [-0.2, -0.15) is 5.26 Å². The van der Waals surface area contributed by atoms with Crippen molar-refractivity contribution < 1.29 is 9.53 Å². The van der Waals surface area contributed by atoms with E-state index in [9.17, 15) is 4.79 Å². The largest absolute Gasteiger partial charge is 0.484 e. The number of rotatable bonds is 4. The second-order valence-electron chi connectivity index (χ2n) is 3.15. The van der Waals surface area contributed by atoms with E-state index in [1.165, 1.54) is 4.90 Å². The number of carbonyl (C=O) groups excluding carboxylic acids is 1. The number of nitrogens with zero attached hydrogens (tertiary/aromatic N) is 2. The smallest absolute Gasteiger partial charge is 0.261 e. The maximum atomic E-state index is 11.4. The predicted molar refractivity (Wildman–Crippen MR) is 60.2 cm³/mol. The van der Waals surface area contributed by atoms with E-state index in [1.54, 1.807) is 31.3 Å². The van der Waals surface area contributed by atoms with E-state index in [0.717, 1.165) is 0 Å². The fourth-order valence-electron chi connectivity index (χ4n) is 0.980. The molecule has 0 aromatic heterocycles. The van der Waals surface area contributed by atoms with Gasteiger partial charge in [0.2, 0.25) is 0 Å². The molecule has 0 unspecified atom stereocenters. The third-order valence-electron chi connectivity index (χ3n) is 1.91. The van der Waals surface area contributed by atoms with Gasteiger partial charge in [-0.1, -0.05) is 11.6 Å². The van der Waals surface area contributed by atoms with Crippen LogP contribution in [-0.2, 0) is 4.79 Å². The van der Waals surface area contributed by atoms with E-state index in [1.807, 2.05) is 6.07 Å². The summed E-state index contributed by atoms with van der Waals surface area (Å²) in [7, 11) is 1.55. The molecule has 0 spiro atoms. The molecule has 0 radical (unpaired) electrons. The van der Waals surface area contributed by atoms with Crippen LogP contribution >= 0.6 is 11.6 Å². The molecule has 0 saturated heterocycles. The fraction of sp³-hybridized carbons (Fsp3) is 0.273. The van der Waals surface area contributed by atoms with Crippen LogP contribution in [0.15, 0.2) is 24.3 Å². The molecule has 0 saturated carbocycles. The van der Waals surface area contributed by atoms with Crippen molar-refractivity contribution in [3.05, 3.63) is 29.3 Å². The minimum atomic E-state index is -0.239. The van der Waals surface area contributed by atoms with Crippen molar-refractivity contribution in [1.29, 1.82) is 5.26 Å². The molecular weight excluding hydrogens is 228 g/mol. The average Bonchev–Trinajstić information content (AvgIpc) is 2.28. The molecule has 0 aliphatic carbocycles. The van der Waals surface area contributed by atoms with Gasteiger partial charge in [0, 0.05) is 12.1 Å². The second kappa shape index (κ2) is 5.99. The van der Waals surface area contributed by atoms with E-state index in [4.69, 9.17) is 21.6 Å². The molecule has 16 heavy (non-hydrogen) atoms. The topological polar surface area (TPSA) is 53.3 Å². The van der Waals surface area contributed by atoms with Gasteiger partial charge in [0.15, 0.2) is 6.61 Å². The van der Waals surface area contributed by atoms with Gasteiger partial charge in [-0.15, -0.1) is 0 Å². The Morgan fingerprint density at radius 1 is 1.50 bits per heavy atom. The lowest BCUT2D eigenvalue weighted by Gasteiger charge is -2.13. The van der Waals surface area contributed by atoms with Gasteiger partial charge in [0.1, 0.15) is 12.3 Å². The van der Waals surface area contributed by atoms with Crippen LogP contribution in [0.3, 0.4) is 0 Å². The molecule has 5 heteroatoms. The van der Waals surface area contributed by atoms with Crippen molar-refractivity contribution >= 4 is 17.5 Å². The summed E-state index contributed by atoms with van der Waals surface area (Å²) >= 11 is 5.70. The second-order valence-corrected chi connectivity index (χ2v) is 3.59. The summed E-state index contributed by atoms with van der Waals surface area (Å²) in [4.78, 5) is 12.7. The van der Waals surface area contributed by atoms with Crippen molar-refractivity contribution in [2.45, 2.75) is 0 Å². The minimum Gasteiger partial charge on any atom is -0.484 e. The Hall–Kier alpha value is -1.73. The van der Waals surface area contributed by atoms with Crippen molar-refractivity contribution in [3.63, 3.8) is 0 Å². The van der Waals surface area contributed by atoms with Crippen molar-refractivity contribution in [2.75, 3.05) is 20.2 Å². The van der Waals surface area contributed by atoms with Crippen molar-refractivity contribution in [2.24, 2.45) is 0 Å². The zero-order valence-electron chi connectivity index (χ0n) is 8.81. The number of amides is 1. The number of nitriles is 1. The summed E-state index contributed by atoms with van der Waals surface area (Å²) in [6, 6.07) is 8.61. The first-order chi connectivity index (χ1) is 7.63. The van der Waals surface area contributed by atoms with Crippen LogP contribution < -0.4 is 4.74 Å². The summed E-state index contributed by atoms with van der Waals surface area (Å²) < 4.78 is 5.23. The van der Waals surface area contributed by atoms with E-state index in [2.05, 4.69) is 0 Å². The van der Waals surface area contributed by atoms with Gasteiger partial charge in [-0.3, -0.25) is 4.79 Å². The minimum absolute atomic E-state index is 0.0583. The molecule has 84 valence electrons. The van der Waals surface area contributed by atoms with Gasteiger partial charge >= 0.3 is 0 Å². The van der Waals surface area contributed by atoms with Crippen LogP contribution in [0, 0.1) is 11.3 Å². The first-order valence-corrected chi connectivity index (χ1v) is 5.00. The Labute approximate surface area is 99.0 Å². The lowest BCUT2D eigenvalue weighted by Crippen LogP contribution is -2.31. The third-order valence-corrected chi connectivity index (χ3v) is 2.16. The first-order valence-electron chi connectivity index (χ1n) is 4.63. The number of benzene rings is 1. The Morgan fingerprint density at radius 2 is 2.12 bits per heavy atom. The highest BCUT2D eigenvalue weighted by Crippen LogP contribution is 2.15. The van der Waals surface area contributed by atoms with Crippen LogP contribution in [0.1, 0.15) is 0 Å². The highest BCUT2D eigenvalue weighted by molar-refractivity contribution is 6.30. The Morgan fingerprint density at radius 3 is 2.69 bits per heavy atom. The SMILES string of the molecule is CN(CC#N)C(=O)COc1ccc(Cl)cc1. The standard InChI is InChI=1S/C11H11ClN2O2/c1-14(7-6-13)11(15)8-16-10-4-2-9(12)3-5-10/h2-5H,7-8H2,1H3. The molecule has 1 aromatic rings.